The van der Waals surface area contributed by atoms with E-state index in [0.717, 1.165) is 23.2 Å². The number of fused-ring (bicyclic) bond motifs is 1. The summed E-state index contributed by atoms with van der Waals surface area (Å²) in [4.78, 5) is 0. The van der Waals surface area contributed by atoms with Crippen molar-refractivity contribution in [2.45, 2.75) is 32.4 Å². The Hall–Kier alpha value is -1.32. The highest BCUT2D eigenvalue weighted by Crippen LogP contribution is 2.29. The van der Waals surface area contributed by atoms with E-state index < -0.39 is 0 Å². The first-order chi connectivity index (χ1) is 10.1. The van der Waals surface area contributed by atoms with Crippen LogP contribution in [0, 0.1) is 0 Å². The molecule has 0 amide bonds. The molecule has 0 radical (unpaired) electrons. The number of hydrogen-bond acceptors (Lipinski definition) is 2. The molecule has 1 heterocycles. The van der Waals surface area contributed by atoms with E-state index in [1.165, 1.54) is 16.7 Å². The molecular formula is C18H20BrNO. The Kier molecular flexibility index (Phi) is 4.32. The number of hydrogen-bond donors (Lipinski definition) is 1. The van der Waals surface area contributed by atoms with Crippen LogP contribution in [-0.4, -0.2) is 6.61 Å². The van der Waals surface area contributed by atoms with E-state index in [1.54, 1.807) is 0 Å². The highest BCUT2D eigenvalue weighted by Gasteiger charge is 2.16. The number of nitrogens with one attached hydrogen (secondary N) is 1. The lowest BCUT2D eigenvalue weighted by molar-refractivity contribution is 0.356. The molecule has 1 aliphatic heterocycles. The SMILES string of the molecule is CC(NC(C)c1ccc2c(c1)CCO2)c1cccc(Br)c1. The first kappa shape index (κ1) is 14.6. The van der Waals surface area contributed by atoms with Gasteiger partial charge in [-0.2, -0.15) is 0 Å². The molecule has 1 N–H and O–H groups in total. The van der Waals surface area contributed by atoms with Gasteiger partial charge in [0, 0.05) is 23.0 Å². The average Bonchev–Trinajstić information content (AvgIpc) is 2.94. The third-order valence-electron chi connectivity index (χ3n) is 4.06. The fourth-order valence-corrected chi connectivity index (χ4v) is 3.24. The van der Waals surface area contributed by atoms with E-state index >= 15 is 0 Å². The maximum Gasteiger partial charge on any atom is 0.122 e. The van der Waals surface area contributed by atoms with Gasteiger partial charge in [-0.15, -0.1) is 0 Å². The van der Waals surface area contributed by atoms with Crippen LogP contribution in [0.5, 0.6) is 5.75 Å². The van der Waals surface area contributed by atoms with Crippen LogP contribution in [0.25, 0.3) is 0 Å². The van der Waals surface area contributed by atoms with E-state index in [2.05, 4.69) is 77.6 Å². The summed E-state index contributed by atoms with van der Waals surface area (Å²) in [6, 6.07) is 15.6. The molecule has 3 heteroatoms. The van der Waals surface area contributed by atoms with Gasteiger partial charge in [-0.05, 0) is 48.7 Å². The van der Waals surface area contributed by atoms with Crippen molar-refractivity contribution in [2.24, 2.45) is 0 Å². The van der Waals surface area contributed by atoms with Crippen molar-refractivity contribution in [3.05, 3.63) is 63.6 Å². The summed E-state index contributed by atoms with van der Waals surface area (Å²) < 4.78 is 6.69. The molecule has 2 atom stereocenters. The number of benzene rings is 2. The van der Waals surface area contributed by atoms with Crippen LogP contribution < -0.4 is 10.1 Å². The van der Waals surface area contributed by atoms with Gasteiger partial charge in [-0.1, -0.05) is 40.2 Å². The van der Waals surface area contributed by atoms with Crippen LogP contribution in [0.3, 0.4) is 0 Å². The van der Waals surface area contributed by atoms with E-state index in [9.17, 15) is 0 Å². The predicted molar refractivity (Wildman–Crippen MR) is 89.7 cm³/mol. The zero-order valence-electron chi connectivity index (χ0n) is 12.4. The zero-order chi connectivity index (χ0) is 14.8. The maximum atomic E-state index is 5.57. The van der Waals surface area contributed by atoms with Gasteiger partial charge in [0.05, 0.1) is 6.61 Å². The van der Waals surface area contributed by atoms with Crippen molar-refractivity contribution < 1.29 is 4.74 Å². The monoisotopic (exact) mass is 345 g/mol. The van der Waals surface area contributed by atoms with Crippen LogP contribution in [-0.2, 0) is 6.42 Å². The molecule has 21 heavy (non-hydrogen) atoms. The summed E-state index contributed by atoms with van der Waals surface area (Å²) in [5.41, 5.74) is 3.94. The minimum Gasteiger partial charge on any atom is -0.493 e. The number of ether oxygens (including phenoxy) is 1. The lowest BCUT2D eigenvalue weighted by Crippen LogP contribution is -2.22. The first-order valence-corrected chi connectivity index (χ1v) is 8.20. The summed E-state index contributed by atoms with van der Waals surface area (Å²) in [7, 11) is 0. The molecule has 1 aliphatic rings. The third-order valence-corrected chi connectivity index (χ3v) is 4.56. The molecule has 0 fully saturated rings. The molecular weight excluding hydrogens is 326 g/mol. The highest BCUT2D eigenvalue weighted by molar-refractivity contribution is 9.10. The van der Waals surface area contributed by atoms with E-state index in [1.807, 2.05) is 0 Å². The lowest BCUT2D eigenvalue weighted by atomic mass is 10.0. The largest absolute Gasteiger partial charge is 0.493 e. The molecule has 0 aromatic heterocycles. The second-order valence-electron chi connectivity index (χ2n) is 5.63. The summed E-state index contributed by atoms with van der Waals surface area (Å²) >= 11 is 3.53. The maximum absolute atomic E-state index is 5.57. The smallest absolute Gasteiger partial charge is 0.122 e. The van der Waals surface area contributed by atoms with Gasteiger partial charge >= 0.3 is 0 Å². The van der Waals surface area contributed by atoms with Crippen molar-refractivity contribution >= 4 is 15.9 Å². The van der Waals surface area contributed by atoms with Crippen molar-refractivity contribution in [1.82, 2.24) is 5.32 Å². The van der Waals surface area contributed by atoms with Gasteiger partial charge in [0.2, 0.25) is 0 Å². The molecule has 0 bridgehead atoms. The standard InChI is InChI=1S/C18H20BrNO/c1-12(14-4-3-5-17(19)11-14)20-13(2)15-6-7-18-16(10-15)8-9-21-18/h3-7,10-13,20H,8-9H2,1-2H3. The number of rotatable bonds is 4. The molecule has 3 rings (SSSR count). The van der Waals surface area contributed by atoms with E-state index in [4.69, 9.17) is 4.74 Å². The second kappa shape index (κ2) is 6.20. The molecule has 2 aromatic carbocycles. The Morgan fingerprint density at radius 3 is 2.57 bits per heavy atom. The Labute approximate surface area is 134 Å². The van der Waals surface area contributed by atoms with Gasteiger partial charge in [0.25, 0.3) is 0 Å². The van der Waals surface area contributed by atoms with Crippen LogP contribution in [0.15, 0.2) is 46.9 Å². The summed E-state index contributed by atoms with van der Waals surface area (Å²) in [6.45, 7) is 5.23. The first-order valence-electron chi connectivity index (χ1n) is 7.40. The molecule has 2 nitrogen and oxygen atoms in total. The summed E-state index contributed by atoms with van der Waals surface area (Å²) in [6.07, 6.45) is 1.02. The fourth-order valence-electron chi connectivity index (χ4n) is 2.82. The van der Waals surface area contributed by atoms with E-state index in [-0.39, 0.29) is 0 Å². The molecule has 0 spiro atoms. The van der Waals surface area contributed by atoms with Gasteiger partial charge < -0.3 is 10.1 Å². The lowest BCUT2D eigenvalue weighted by Gasteiger charge is -2.21. The van der Waals surface area contributed by atoms with Crippen molar-refractivity contribution in [3.63, 3.8) is 0 Å². The van der Waals surface area contributed by atoms with Crippen molar-refractivity contribution in [3.8, 4) is 5.75 Å². The average molecular weight is 346 g/mol. The minimum atomic E-state index is 0.307. The topological polar surface area (TPSA) is 21.3 Å². The van der Waals surface area contributed by atoms with Crippen molar-refractivity contribution in [2.75, 3.05) is 6.61 Å². The van der Waals surface area contributed by atoms with Gasteiger partial charge in [-0.3, -0.25) is 0 Å². The quantitative estimate of drug-likeness (QED) is 0.859. The predicted octanol–water partition coefficient (Wildman–Crippen LogP) is 4.80. The minimum absolute atomic E-state index is 0.307. The van der Waals surface area contributed by atoms with Crippen LogP contribution in [0.4, 0.5) is 0 Å². The van der Waals surface area contributed by atoms with Gasteiger partial charge in [-0.25, -0.2) is 0 Å². The highest BCUT2D eigenvalue weighted by atomic mass is 79.9. The second-order valence-corrected chi connectivity index (χ2v) is 6.55. The van der Waals surface area contributed by atoms with Crippen LogP contribution >= 0.6 is 15.9 Å². The van der Waals surface area contributed by atoms with Crippen molar-refractivity contribution in [1.29, 1.82) is 0 Å². The fraction of sp³-hybridized carbons (Fsp3) is 0.333. The molecule has 2 aromatic rings. The third kappa shape index (κ3) is 3.30. The Bertz CT molecular complexity index is 641. The van der Waals surface area contributed by atoms with Gasteiger partial charge in [0.15, 0.2) is 0 Å². The normalized spacial score (nSPS) is 16.1. The van der Waals surface area contributed by atoms with E-state index in [0.29, 0.717) is 12.1 Å². The zero-order valence-corrected chi connectivity index (χ0v) is 14.0. The van der Waals surface area contributed by atoms with Crippen LogP contribution in [0.2, 0.25) is 0 Å². The van der Waals surface area contributed by atoms with Crippen LogP contribution in [0.1, 0.15) is 42.6 Å². The Morgan fingerprint density at radius 1 is 1.05 bits per heavy atom. The molecule has 0 saturated carbocycles. The molecule has 2 unspecified atom stereocenters. The summed E-state index contributed by atoms with van der Waals surface area (Å²) in [5.74, 6) is 1.05. The van der Waals surface area contributed by atoms with Gasteiger partial charge in [0.1, 0.15) is 5.75 Å². The summed E-state index contributed by atoms with van der Waals surface area (Å²) in [5, 5.41) is 3.67. The number of halogens is 1. The molecule has 0 aliphatic carbocycles. The molecule has 0 saturated heterocycles. The Morgan fingerprint density at radius 2 is 1.81 bits per heavy atom. The molecule has 110 valence electrons. The Balaban J connectivity index is 1.72.